The number of methoxy groups -OCH3 is 1. The van der Waals surface area contributed by atoms with E-state index >= 15 is 0 Å². The number of nitrogens with zero attached hydrogens (tertiary/aromatic N) is 3. The van der Waals surface area contributed by atoms with Crippen molar-refractivity contribution in [1.29, 1.82) is 0 Å². The van der Waals surface area contributed by atoms with Gasteiger partial charge < -0.3 is 14.5 Å². The Kier molecular flexibility index (Phi) is 6.80. The molecule has 0 aliphatic carbocycles. The number of piperidine rings is 1. The molecule has 5 heteroatoms. The number of aromatic nitrogens is 1. The third-order valence-electron chi connectivity index (χ3n) is 4.35. The normalized spacial score (nSPS) is 19.1. The number of carbonyl (C=O) groups excluding carboxylic acids is 1. The molecule has 0 saturated carbocycles. The van der Waals surface area contributed by atoms with Gasteiger partial charge >= 0.3 is 0 Å². The van der Waals surface area contributed by atoms with Gasteiger partial charge in [-0.25, -0.2) is 0 Å². The van der Waals surface area contributed by atoms with Crippen molar-refractivity contribution in [1.82, 2.24) is 14.8 Å². The third-order valence-corrected chi connectivity index (χ3v) is 4.35. The molecule has 122 valence electrons. The summed E-state index contributed by atoms with van der Waals surface area (Å²) >= 11 is 0. The van der Waals surface area contributed by atoms with Crippen molar-refractivity contribution in [2.45, 2.75) is 38.3 Å². The Balaban J connectivity index is 1.96. The average Bonchev–Trinajstić information content (AvgIpc) is 2.54. The van der Waals surface area contributed by atoms with E-state index in [0.29, 0.717) is 32.2 Å². The van der Waals surface area contributed by atoms with Crippen molar-refractivity contribution >= 4 is 5.91 Å². The Morgan fingerprint density at radius 2 is 2.36 bits per heavy atom. The minimum Gasteiger partial charge on any atom is -0.383 e. The highest BCUT2D eigenvalue weighted by atomic mass is 16.5. The van der Waals surface area contributed by atoms with Crippen LogP contribution in [0.25, 0.3) is 0 Å². The predicted molar refractivity (Wildman–Crippen MR) is 86.4 cm³/mol. The van der Waals surface area contributed by atoms with Gasteiger partial charge in [0, 0.05) is 45.1 Å². The van der Waals surface area contributed by atoms with Crippen LogP contribution in [0.15, 0.2) is 24.5 Å². The standard InChI is InChI=1S/C17H27N3O2/c1-19-9-4-3-7-16(19)12-17(21)20(10-11-22-2)14-15-6-5-8-18-13-15/h5-6,8,13,16H,3-4,7,9-12,14H2,1-2H3. The summed E-state index contributed by atoms with van der Waals surface area (Å²) in [6.07, 6.45) is 7.75. The van der Waals surface area contributed by atoms with Crippen molar-refractivity contribution in [2.24, 2.45) is 0 Å². The molecule has 1 saturated heterocycles. The lowest BCUT2D eigenvalue weighted by atomic mass is 9.99. The first-order valence-corrected chi connectivity index (χ1v) is 8.06. The number of carbonyl (C=O) groups is 1. The Hall–Kier alpha value is -1.46. The van der Waals surface area contributed by atoms with E-state index in [1.165, 1.54) is 12.8 Å². The number of hydrogen-bond donors (Lipinski definition) is 0. The van der Waals surface area contributed by atoms with Gasteiger partial charge in [-0.1, -0.05) is 12.5 Å². The first-order chi connectivity index (χ1) is 10.7. The molecule has 1 atom stereocenters. The number of pyridine rings is 1. The molecule has 1 aliphatic rings. The van der Waals surface area contributed by atoms with Crippen LogP contribution < -0.4 is 0 Å². The van der Waals surface area contributed by atoms with Crippen molar-refractivity contribution in [3.8, 4) is 0 Å². The highest BCUT2D eigenvalue weighted by Crippen LogP contribution is 2.19. The summed E-state index contributed by atoms with van der Waals surface area (Å²) in [5.41, 5.74) is 1.06. The van der Waals surface area contributed by atoms with E-state index in [2.05, 4.69) is 16.9 Å². The summed E-state index contributed by atoms with van der Waals surface area (Å²) in [5.74, 6) is 0.208. The zero-order valence-corrected chi connectivity index (χ0v) is 13.7. The average molecular weight is 305 g/mol. The molecule has 5 nitrogen and oxygen atoms in total. The maximum atomic E-state index is 12.7. The molecule has 1 amide bonds. The fourth-order valence-electron chi connectivity index (χ4n) is 2.94. The Labute approximate surface area is 133 Å². The maximum absolute atomic E-state index is 12.7. The molecule has 0 aromatic carbocycles. The molecule has 0 N–H and O–H groups in total. The Bertz CT molecular complexity index is 452. The third kappa shape index (κ3) is 5.07. The minimum atomic E-state index is 0.208. The van der Waals surface area contributed by atoms with Gasteiger partial charge in [0.15, 0.2) is 0 Å². The first-order valence-electron chi connectivity index (χ1n) is 8.06. The molecule has 2 heterocycles. The molecule has 22 heavy (non-hydrogen) atoms. The van der Waals surface area contributed by atoms with E-state index in [1.807, 2.05) is 23.2 Å². The zero-order chi connectivity index (χ0) is 15.8. The second kappa shape index (κ2) is 8.86. The van der Waals surface area contributed by atoms with Crippen LogP contribution in [-0.4, -0.2) is 60.6 Å². The van der Waals surface area contributed by atoms with E-state index in [0.717, 1.165) is 18.5 Å². The van der Waals surface area contributed by atoms with E-state index in [9.17, 15) is 4.79 Å². The maximum Gasteiger partial charge on any atom is 0.224 e. The van der Waals surface area contributed by atoms with E-state index in [4.69, 9.17) is 4.74 Å². The van der Waals surface area contributed by atoms with Crippen molar-refractivity contribution in [2.75, 3.05) is 33.9 Å². The molecule has 1 fully saturated rings. The molecule has 0 bridgehead atoms. The van der Waals surface area contributed by atoms with Crippen LogP contribution in [0.3, 0.4) is 0 Å². The van der Waals surface area contributed by atoms with Gasteiger partial charge in [-0.15, -0.1) is 0 Å². The van der Waals surface area contributed by atoms with E-state index < -0.39 is 0 Å². The van der Waals surface area contributed by atoms with Crippen LogP contribution >= 0.6 is 0 Å². The molecule has 0 spiro atoms. The topological polar surface area (TPSA) is 45.7 Å². The summed E-state index contributed by atoms with van der Waals surface area (Å²) in [5, 5.41) is 0. The number of ether oxygens (including phenoxy) is 1. The monoisotopic (exact) mass is 305 g/mol. The van der Waals surface area contributed by atoms with Crippen LogP contribution in [-0.2, 0) is 16.1 Å². The van der Waals surface area contributed by atoms with E-state index in [1.54, 1.807) is 13.3 Å². The van der Waals surface area contributed by atoms with Gasteiger partial charge in [0.25, 0.3) is 0 Å². The lowest BCUT2D eigenvalue weighted by Crippen LogP contribution is -2.42. The second-order valence-corrected chi connectivity index (χ2v) is 6.00. The molecule has 1 aliphatic heterocycles. The number of hydrogen-bond acceptors (Lipinski definition) is 4. The predicted octanol–water partition coefficient (Wildman–Crippen LogP) is 1.93. The summed E-state index contributed by atoms with van der Waals surface area (Å²) < 4.78 is 5.15. The Morgan fingerprint density at radius 1 is 1.50 bits per heavy atom. The van der Waals surface area contributed by atoms with Gasteiger partial charge in [0.2, 0.25) is 5.91 Å². The highest BCUT2D eigenvalue weighted by Gasteiger charge is 2.24. The van der Waals surface area contributed by atoms with Crippen LogP contribution in [0, 0.1) is 0 Å². The summed E-state index contributed by atoms with van der Waals surface area (Å²) in [7, 11) is 3.79. The van der Waals surface area contributed by atoms with Crippen molar-refractivity contribution in [3.63, 3.8) is 0 Å². The molecule has 2 rings (SSSR count). The van der Waals surface area contributed by atoms with Crippen molar-refractivity contribution in [3.05, 3.63) is 30.1 Å². The second-order valence-electron chi connectivity index (χ2n) is 6.00. The fraction of sp³-hybridized carbons (Fsp3) is 0.647. The van der Waals surface area contributed by atoms with Crippen LogP contribution in [0.2, 0.25) is 0 Å². The molecular weight excluding hydrogens is 278 g/mol. The molecular formula is C17H27N3O2. The van der Waals surface area contributed by atoms with Gasteiger partial charge in [-0.2, -0.15) is 0 Å². The lowest BCUT2D eigenvalue weighted by Gasteiger charge is -2.33. The molecule has 1 unspecified atom stereocenters. The lowest BCUT2D eigenvalue weighted by molar-refractivity contribution is -0.134. The molecule has 0 radical (unpaired) electrons. The SMILES string of the molecule is COCCN(Cc1cccnc1)C(=O)CC1CCCCN1C. The zero-order valence-electron chi connectivity index (χ0n) is 13.7. The highest BCUT2D eigenvalue weighted by molar-refractivity contribution is 5.76. The quantitative estimate of drug-likeness (QED) is 0.772. The first kappa shape index (κ1) is 16.9. The smallest absolute Gasteiger partial charge is 0.224 e. The Morgan fingerprint density at radius 3 is 3.05 bits per heavy atom. The summed E-state index contributed by atoms with van der Waals surface area (Å²) in [6.45, 7) is 2.89. The van der Waals surface area contributed by atoms with Gasteiger partial charge in [-0.05, 0) is 38.1 Å². The summed E-state index contributed by atoms with van der Waals surface area (Å²) in [4.78, 5) is 21.0. The van der Waals surface area contributed by atoms with Gasteiger partial charge in [0.05, 0.1) is 6.61 Å². The fourth-order valence-corrected chi connectivity index (χ4v) is 2.94. The van der Waals surface area contributed by atoms with E-state index in [-0.39, 0.29) is 5.91 Å². The number of amides is 1. The van der Waals surface area contributed by atoms with Gasteiger partial charge in [0.1, 0.15) is 0 Å². The van der Waals surface area contributed by atoms with Crippen LogP contribution in [0.4, 0.5) is 0 Å². The number of likely N-dealkylation sites (tertiary alicyclic amines) is 1. The van der Waals surface area contributed by atoms with Crippen LogP contribution in [0.1, 0.15) is 31.2 Å². The largest absolute Gasteiger partial charge is 0.383 e. The number of rotatable bonds is 7. The summed E-state index contributed by atoms with van der Waals surface area (Å²) in [6, 6.07) is 4.29. The van der Waals surface area contributed by atoms with Crippen molar-refractivity contribution < 1.29 is 9.53 Å². The molecule has 1 aromatic rings. The van der Waals surface area contributed by atoms with Gasteiger partial charge in [-0.3, -0.25) is 9.78 Å². The minimum absolute atomic E-state index is 0.208. The van der Waals surface area contributed by atoms with Crippen LogP contribution in [0.5, 0.6) is 0 Å². The molecule has 1 aromatic heterocycles.